The van der Waals surface area contributed by atoms with Crippen molar-refractivity contribution in [1.82, 2.24) is 0 Å². The van der Waals surface area contributed by atoms with Crippen molar-refractivity contribution in [1.29, 1.82) is 0 Å². The molecular weight excluding hydrogens is 180 g/mol. The third-order valence-electron chi connectivity index (χ3n) is 2.86. The molecule has 0 N–H and O–H groups in total. The van der Waals surface area contributed by atoms with Gasteiger partial charge in [-0.15, -0.1) is 0 Å². The van der Waals surface area contributed by atoms with Gasteiger partial charge in [-0.3, -0.25) is 0 Å². The highest BCUT2D eigenvalue weighted by molar-refractivity contribution is 4.90. The van der Waals surface area contributed by atoms with E-state index in [9.17, 15) is 0 Å². The van der Waals surface area contributed by atoms with E-state index in [0.717, 1.165) is 11.8 Å². The summed E-state index contributed by atoms with van der Waals surface area (Å²) in [6.07, 6.45) is 10.1. The highest BCUT2D eigenvalue weighted by atomic mass is 14.2. The summed E-state index contributed by atoms with van der Waals surface area (Å²) in [5.41, 5.74) is 0.483. The normalized spacial score (nSPS) is 16.9. The van der Waals surface area contributed by atoms with Crippen LogP contribution in [-0.4, -0.2) is 0 Å². The molecule has 0 amide bonds. The first-order valence-electron chi connectivity index (χ1n) is 6.53. The van der Waals surface area contributed by atoms with E-state index < -0.39 is 0 Å². The van der Waals surface area contributed by atoms with E-state index in [1.807, 2.05) is 0 Å². The first-order valence-corrected chi connectivity index (χ1v) is 6.53. The minimum Gasteiger partial charge on any atom is -0.0854 e. The van der Waals surface area contributed by atoms with Gasteiger partial charge in [-0.1, -0.05) is 60.1 Å². The van der Waals surface area contributed by atoms with Gasteiger partial charge in [-0.05, 0) is 36.5 Å². The summed E-state index contributed by atoms with van der Waals surface area (Å²) in [6.45, 7) is 13.9. The topological polar surface area (TPSA) is 0 Å². The largest absolute Gasteiger partial charge is 0.0854 e. The lowest BCUT2D eigenvalue weighted by molar-refractivity contribution is 0.346. The molecule has 15 heavy (non-hydrogen) atoms. The number of hydrogen-bond acceptors (Lipinski definition) is 0. The fraction of sp³-hybridized carbons (Fsp3) is 0.867. The van der Waals surface area contributed by atoms with Crippen LogP contribution < -0.4 is 0 Å². The smallest absolute Gasteiger partial charge is 0.0262 e. The first kappa shape index (κ1) is 14.7. The molecule has 0 heteroatoms. The standard InChI is InChI=1S/C15H30/c1-7-8-13(2)9-10-14(3)11-12-15(4,5)6/h9-10,13-14H,7-8,11-12H2,1-6H3. The Hall–Kier alpha value is -0.260. The van der Waals surface area contributed by atoms with Crippen molar-refractivity contribution in [2.45, 2.75) is 67.2 Å². The van der Waals surface area contributed by atoms with Crippen LogP contribution in [0.5, 0.6) is 0 Å². The van der Waals surface area contributed by atoms with E-state index >= 15 is 0 Å². The second-order valence-corrected chi connectivity index (χ2v) is 6.23. The molecule has 0 saturated heterocycles. The molecule has 0 aromatic rings. The highest BCUT2D eigenvalue weighted by Gasteiger charge is 2.11. The predicted molar refractivity (Wildman–Crippen MR) is 71.1 cm³/mol. The van der Waals surface area contributed by atoms with E-state index in [0.29, 0.717) is 5.41 Å². The van der Waals surface area contributed by atoms with Crippen LogP contribution in [-0.2, 0) is 0 Å². The Morgan fingerprint density at radius 3 is 1.80 bits per heavy atom. The summed E-state index contributed by atoms with van der Waals surface area (Å²) < 4.78 is 0. The maximum atomic E-state index is 2.41. The molecule has 0 rings (SSSR count). The van der Waals surface area contributed by atoms with Gasteiger partial charge < -0.3 is 0 Å². The van der Waals surface area contributed by atoms with Gasteiger partial charge in [0, 0.05) is 0 Å². The lowest BCUT2D eigenvalue weighted by Crippen LogP contribution is -2.06. The molecule has 2 unspecified atom stereocenters. The van der Waals surface area contributed by atoms with Crippen molar-refractivity contribution >= 4 is 0 Å². The van der Waals surface area contributed by atoms with Crippen molar-refractivity contribution in [2.75, 3.05) is 0 Å². The molecule has 0 aromatic heterocycles. The van der Waals surface area contributed by atoms with Crippen LogP contribution in [0.3, 0.4) is 0 Å². The summed E-state index contributed by atoms with van der Waals surface area (Å²) in [5.74, 6) is 1.50. The van der Waals surface area contributed by atoms with Crippen LogP contribution >= 0.6 is 0 Å². The van der Waals surface area contributed by atoms with Crippen molar-refractivity contribution in [3.63, 3.8) is 0 Å². The third-order valence-corrected chi connectivity index (χ3v) is 2.86. The average Bonchev–Trinajstić information content (AvgIpc) is 2.11. The molecule has 0 spiro atoms. The molecule has 0 radical (unpaired) electrons. The Morgan fingerprint density at radius 1 is 0.933 bits per heavy atom. The first-order chi connectivity index (χ1) is 6.85. The Labute approximate surface area is 97.2 Å². The molecule has 90 valence electrons. The van der Waals surface area contributed by atoms with Gasteiger partial charge >= 0.3 is 0 Å². The Morgan fingerprint density at radius 2 is 1.40 bits per heavy atom. The molecule has 0 saturated carbocycles. The van der Waals surface area contributed by atoms with Crippen LogP contribution in [0.2, 0.25) is 0 Å². The van der Waals surface area contributed by atoms with Crippen LogP contribution in [0.4, 0.5) is 0 Å². The second kappa shape index (κ2) is 7.09. The van der Waals surface area contributed by atoms with Crippen molar-refractivity contribution < 1.29 is 0 Å². The number of allylic oxidation sites excluding steroid dienone is 2. The fourth-order valence-corrected chi connectivity index (χ4v) is 1.69. The average molecular weight is 210 g/mol. The summed E-state index contributed by atoms with van der Waals surface area (Å²) in [5, 5.41) is 0. The Bertz CT molecular complexity index is 171. The summed E-state index contributed by atoms with van der Waals surface area (Å²) in [4.78, 5) is 0. The van der Waals surface area contributed by atoms with Gasteiger partial charge in [0.25, 0.3) is 0 Å². The molecule has 0 bridgehead atoms. The maximum Gasteiger partial charge on any atom is -0.0262 e. The summed E-state index contributed by atoms with van der Waals surface area (Å²) in [7, 11) is 0. The van der Waals surface area contributed by atoms with Gasteiger partial charge in [0.2, 0.25) is 0 Å². The van der Waals surface area contributed by atoms with E-state index in [-0.39, 0.29) is 0 Å². The summed E-state index contributed by atoms with van der Waals surface area (Å²) >= 11 is 0. The predicted octanol–water partition coefficient (Wildman–Crippen LogP) is 5.44. The van der Waals surface area contributed by atoms with Crippen LogP contribution in [0, 0.1) is 17.3 Å². The molecule has 0 heterocycles. The van der Waals surface area contributed by atoms with Gasteiger partial charge in [0.15, 0.2) is 0 Å². The van der Waals surface area contributed by atoms with Crippen molar-refractivity contribution in [3.05, 3.63) is 12.2 Å². The quantitative estimate of drug-likeness (QED) is 0.512. The van der Waals surface area contributed by atoms with Crippen LogP contribution in [0.1, 0.15) is 67.2 Å². The fourth-order valence-electron chi connectivity index (χ4n) is 1.69. The highest BCUT2D eigenvalue weighted by Crippen LogP contribution is 2.24. The molecule has 0 nitrogen and oxygen atoms in total. The second-order valence-electron chi connectivity index (χ2n) is 6.23. The van der Waals surface area contributed by atoms with Crippen molar-refractivity contribution in [3.8, 4) is 0 Å². The van der Waals surface area contributed by atoms with Crippen LogP contribution in [0.25, 0.3) is 0 Å². The van der Waals surface area contributed by atoms with E-state index in [2.05, 4.69) is 53.7 Å². The molecule has 0 fully saturated rings. The Balaban J connectivity index is 3.77. The molecule has 0 aliphatic carbocycles. The van der Waals surface area contributed by atoms with Gasteiger partial charge in [0.1, 0.15) is 0 Å². The zero-order chi connectivity index (χ0) is 11.9. The Kier molecular flexibility index (Phi) is 6.96. The number of rotatable bonds is 6. The lowest BCUT2D eigenvalue weighted by atomic mass is 9.87. The zero-order valence-electron chi connectivity index (χ0n) is 11.6. The summed E-state index contributed by atoms with van der Waals surface area (Å²) in [6, 6.07) is 0. The molecule has 0 aliphatic heterocycles. The van der Waals surface area contributed by atoms with Gasteiger partial charge in [0.05, 0.1) is 0 Å². The number of hydrogen-bond donors (Lipinski definition) is 0. The minimum atomic E-state index is 0.483. The molecule has 0 aliphatic rings. The lowest BCUT2D eigenvalue weighted by Gasteiger charge is -2.19. The van der Waals surface area contributed by atoms with E-state index in [1.54, 1.807) is 0 Å². The molecule has 2 atom stereocenters. The SMILES string of the molecule is CCCC(C)C=CC(C)CCC(C)(C)C. The van der Waals surface area contributed by atoms with Gasteiger partial charge in [-0.25, -0.2) is 0 Å². The zero-order valence-corrected chi connectivity index (χ0v) is 11.6. The van der Waals surface area contributed by atoms with E-state index in [4.69, 9.17) is 0 Å². The van der Waals surface area contributed by atoms with Crippen molar-refractivity contribution in [2.24, 2.45) is 17.3 Å². The van der Waals surface area contributed by atoms with Gasteiger partial charge in [-0.2, -0.15) is 0 Å². The third kappa shape index (κ3) is 10.0. The molecule has 0 aromatic carbocycles. The minimum absolute atomic E-state index is 0.483. The maximum absolute atomic E-state index is 2.41. The van der Waals surface area contributed by atoms with E-state index in [1.165, 1.54) is 25.7 Å². The molecular formula is C15H30. The monoisotopic (exact) mass is 210 g/mol. The van der Waals surface area contributed by atoms with Crippen LogP contribution in [0.15, 0.2) is 12.2 Å².